The van der Waals surface area contributed by atoms with Crippen molar-refractivity contribution in [2.75, 3.05) is 27.9 Å². The summed E-state index contributed by atoms with van der Waals surface area (Å²) in [5.74, 6) is 0.180. The number of nitrogens with one attached hydrogen (secondary N) is 1. The van der Waals surface area contributed by atoms with Gasteiger partial charge in [-0.3, -0.25) is 9.59 Å². The second kappa shape index (κ2) is 9.17. The van der Waals surface area contributed by atoms with E-state index in [9.17, 15) is 9.59 Å². The number of hydrogen-bond acceptors (Lipinski definition) is 5. The molecule has 6 heteroatoms. The summed E-state index contributed by atoms with van der Waals surface area (Å²) in [4.78, 5) is 24.0. The molecule has 0 aliphatic rings. The second-order valence-electron chi connectivity index (χ2n) is 4.83. The van der Waals surface area contributed by atoms with Gasteiger partial charge in [0.1, 0.15) is 5.75 Å². The number of hydrogen-bond donors (Lipinski definition) is 1. The van der Waals surface area contributed by atoms with Gasteiger partial charge in [0.05, 0.1) is 19.2 Å². The fourth-order valence-corrected chi connectivity index (χ4v) is 1.95. The number of carbonyl (C=O) groups excluding carboxylic acids is 2. The number of Topliss-reactive ketones (excluding diaryl/α,β-unsaturated/α-hetero) is 1. The predicted octanol–water partition coefficient (Wildman–Crippen LogP) is 1.70. The summed E-state index contributed by atoms with van der Waals surface area (Å²) >= 11 is 0. The van der Waals surface area contributed by atoms with Crippen LogP contribution in [0.5, 0.6) is 5.75 Å². The first-order valence-electron chi connectivity index (χ1n) is 7.02. The molecule has 0 bridgehead atoms. The lowest BCUT2D eigenvalue weighted by atomic mass is 10.0. The van der Waals surface area contributed by atoms with E-state index in [-0.39, 0.29) is 31.1 Å². The fourth-order valence-electron chi connectivity index (χ4n) is 1.95. The number of aryl methyl sites for hydroxylation is 1. The van der Waals surface area contributed by atoms with Gasteiger partial charge in [0.25, 0.3) is 0 Å². The highest BCUT2D eigenvalue weighted by molar-refractivity contribution is 6.00. The smallest absolute Gasteiger partial charge is 0.220 e. The molecule has 0 heterocycles. The summed E-state index contributed by atoms with van der Waals surface area (Å²) in [7, 11) is 4.51. The third kappa shape index (κ3) is 5.46. The molecule has 0 atom stereocenters. The molecular formula is C16H23NO5. The fraction of sp³-hybridized carbons (Fsp3) is 0.500. The predicted molar refractivity (Wildman–Crippen MR) is 82.1 cm³/mol. The summed E-state index contributed by atoms with van der Waals surface area (Å²) in [6.45, 7) is 2.15. The molecule has 1 N–H and O–H groups in total. The lowest BCUT2D eigenvalue weighted by Crippen LogP contribution is -2.34. The van der Waals surface area contributed by atoms with Gasteiger partial charge in [0.2, 0.25) is 5.91 Å². The minimum atomic E-state index is -0.489. The molecule has 0 aliphatic heterocycles. The van der Waals surface area contributed by atoms with Gasteiger partial charge in [0, 0.05) is 27.1 Å². The third-order valence-electron chi connectivity index (χ3n) is 3.23. The van der Waals surface area contributed by atoms with Crippen molar-refractivity contribution < 1.29 is 23.8 Å². The van der Waals surface area contributed by atoms with E-state index in [1.165, 1.54) is 21.3 Å². The zero-order valence-electron chi connectivity index (χ0n) is 13.5. The zero-order chi connectivity index (χ0) is 16.5. The van der Waals surface area contributed by atoms with Crippen LogP contribution >= 0.6 is 0 Å². The zero-order valence-corrected chi connectivity index (χ0v) is 13.5. The van der Waals surface area contributed by atoms with Crippen LogP contribution in [0.1, 0.15) is 28.8 Å². The summed E-state index contributed by atoms with van der Waals surface area (Å²) in [5, 5.41) is 2.66. The number of benzene rings is 1. The minimum Gasteiger partial charge on any atom is -0.496 e. The summed E-state index contributed by atoms with van der Waals surface area (Å²) < 4.78 is 15.1. The molecule has 0 aromatic heterocycles. The molecule has 0 saturated heterocycles. The van der Waals surface area contributed by atoms with Crippen molar-refractivity contribution in [2.45, 2.75) is 26.1 Å². The lowest BCUT2D eigenvalue weighted by Gasteiger charge is -2.14. The quantitative estimate of drug-likeness (QED) is 0.555. The van der Waals surface area contributed by atoms with Gasteiger partial charge in [-0.05, 0) is 19.1 Å². The molecule has 1 aromatic rings. The van der Waals surface area contributed by atoms with Crippen LogP contribution < -0.4 is 10.1 Å². The van der Waals surface area contributed by atoms with E-state index < -0.39 is 6.29 Å². The standard InChI is InChI=1S/C16H23NO5/c1-11-5-7-14(20-2)12(9-11)13(18)6-8-15(19)17-10-16(21-3)22-4/h5,7,9,16H,6,8,10H2,1-4H3,(H,17,19). The molecule has 0 aliphatic carbocycles. The van der Waals surface area contributed by atoms with E-state index in [0.29, 0.717) is 11.3 Å². The first-order chi connectivity index (χ1) is 10.5. The van der Waals surface area contributed by atoms with E-state index in [0.717, 1.165) is 5.56 Å². The molecule has 1 aromatic carbocycles. The molecule has 1 rings (SSSR count). The Morgan fingerprint density at radius 3 is 2.41 bits per heavy atom. The van der Waals surface area contributed by atoms with Crippen molar-refractivity contribution in [3.05, 3.63) is 29.3 Å². The van der Waals surface area contributed by atoms with E-state index >= 15 is 0 Å². The van der Waals surface area contributed by atoms with Gasteiger partial charge in [-0.15, -0.1) is 0 Å². The lowest BCUT2D eigenvalue weighted by molar-refractivity contribution is -0.127. The average Bonchev–Trinajstić information content (AvgIpc) is 2.53. The Labute approximate surface area is 130 Å². The number of rotatable bonds is 9. The van der Waals surface area contributed by atoms with E-state index in [1.54, 1.807) is 12.1 Å². The van der Waals surface area contributed by atoms with E-state index in [2.05, 4.69) is 5.32 Å². The Morgan fingerprint density at radius 2 is 1.82 bits per heavy atom. The molecule has 0 fully saturated rings. The average molecular weight is 309 g/mol. The van der Waals surface area contributed by atoms with Crippen LogP contribution in [0.15, 0.2) is 18.2 Å². The van der Waals surface area contributed by atoms with Gasteiger partial charge in [-0.2, -0.15) is 0 Å². The van der Waals surface area contributed by atoms with E-state index in [1.807, 2.05) is 13.0 Å². The molecule has 122 valence electrons. The highest BCUT2D eigenvalue weighted by atomic mass is 16.7. The topological polar surface area (TPSA) is 73.9 Å². The minimum absolute atomic E-state index is 0.107. The maximum absolute atomic E-state index is 12.2. The Bertz CT molecular complexity index is 511. The van der Waals surface area contributed by atoms with Crippen LogP contribution in [0.3, 0.4) is 0 Å². The Morgan fingerprint density at radius 1 is 1.14 bits per heavy atom. The monoisotopic (exact) mass is 309 g/mol. The largest absolute Gasteiger partial charge is 0.496 e. The molecular weight excluding hydrogens is 286 g/mol. The Hall–Kier alpha value is -1.92. The molecule has 0 radical (unpaired) electrons. The van der Waals surface area contributed by atoms with Crippen LogP contribution in [0.4, 0.5) is 0 Å². The third-order valence-corrected chi connectivity index (χ3v) is 3.23. The van der Waals surface area contributed by atoms with Crippen molar-refractivity contribution in [1.82, 2.24) is 5.32 Å². The first-order valence-corrected chi connectivity index (χ1v) is 7.02. The van der Waals surface area contributed by atoms with E-state index in [4.69, 9.17) is 14.2 Å². The molecule has 6 nitrogen and oxygen atoms in total. The molecule has 22 heavy (non-hydrogen) atoms. The van der Waals surface area contributed by atoms with Gasteiger partial charge in [0.15, 0.2) is 12.1 Å². The number of ether oxygens (including phenoxy) is 3. The molecule has 0 unspecified atom stereocenters. The van der Waals surface area contributed by atoms with Crippen molar-refractivity contribution in [1.29, 1.82) is 0 Å². The Kier molecular flexibility index (Phi) is 7.56. The van der Waals surface area contributed by atoms with Crippen molar-refractivity contribution >= 4 is 11.7 Å². The summed E-state index contributed by atoms with van der Waals surface area (Å²) in [6, 6.07) is 5.40. The molecule has 0 saturated carbocycles. The molecule has 0 spiro atoms. The maximum atomic E-state index is 12.2. The number of carbonyl (C=O) groups is 2. The SMILES string of the molecule is COc1ccc(C)cc1C(=O)CCC(=O)NCC(OC)OC. The van der Waals surface area contributed by atoms with Crippen molar-refractivity contribution in [3.63, 3.8) is 0 Å². The van der Waals surface area contributed by atoms with Gasteiger partial charge < -0.3 is 19.5 Å². The summed E-state index contributed by atoms with van der Waals surface area (Å²) in [6.07, 6.45) is -0.261. The van der Waals surface area contributed by atoms with Crippen molar-refractivity contribution in [2.24, 2.45) is 0 Å². The highest BCUT2D eigenvalue weighted by Crippen LogP contribution is 2.21. The van der Waals surface area contributed by atoms with Crippen molar-refractivity contribution in [3.8, 4) is 5.75 Å². The highest BCUT2D eigenvalue weighted by Gasteiger charge is 2.15. The number of ketones is 1. The van der Waals surface area contributed by atoms with Gasteiger partial charge >= 0.3 is 0 Å². The van der Waals surface area contributed by atoms with Crippen LogP contribution in [-0.2, 0) is 14.3 Å². The van der Waals surface area contributed by atoms with Crippen LogP contribution in [-0.4, -0.2) is 45.9 Å². The van der Waals surface area contributed by atoms with Crippen LogP contribution in [0.2, 0.25) is 0 Å². The maximum Gasteiger partial charge on any atom is 0.220 e. The van der Waals surface area contributed by atoms with Crippen LogP contribution in [0, 0.1) is 6.92 Å². The second-order valence-corrected chi connectivity index (χ2v) is 4.83. The first kappa shape index (κ1) is 18.1. The molecule has 1 amide bonds. The number of amides is 1. The van der Waals surface area contributed by atoms with Gasteiger partial charge in [-0.1, -0.05) is 11.6 Å². The van der Waals surface area contributed by atoms with Gasteiger partial charge in [-0.25, -0.2) is 0 Å². The Balaban J connectivity index is 2.52. The normalized spacial score (nSPS) is 10.6. The number of methoxy groups -OCH3 is 3. The summed E-state index contributed by atoms with van der Waals surface area (Å²) in [5.41, 5.74) is 1.47. The van der Waals surface area contributed by atoms with Crippen LogP contribution in [0.25, 0.3) is 0 Å².